The number of rotatable bonds is 3. The summed E-state index contributed by atoms with van der Waals surface area (Å²) < 4.78 is 34.2. The molecule has 1 atom stereocenters. The Balaban J connectivity index is 2.08. The second-order valence-electron chi connectivity index (χ2n) is 4.38. The van der Waals surface area contributed by atoms with Crippen LogP contribution < -0.4 is 14.8 Å². The number of anilines is 1. The highest BCUT2D eigenvalue weighted by atomic mass is 19.3. The summed E-state index contributed by atoms with van der Waals surface area (Å²) in [6, 6.07) is 1.97. The van der Waals surface area contributed by atoms with Crippen molar-refractivity contribution in [1.29, 1.82) is 0 Å². The van der Waals surface area contributed by atoms with Gasteiger partial charge < -0.3 is 24.8 Å². The van der Waals surface area contributed by atoms with Gasteiger partial charge in [0.15, 0.2) is 11.5 Å². The van der Waals surface area contributed by atoms with Crippen LogP contribution in [0.5, 0.6) is 11.5 Å². The maximum absolute atomic E-state index is 12.8. The number of urea groups is 1. The molecule has 114 valence electrons. The monoisotopic (exact) mass is 302 g/mol. The zero-order valence-corrected chi connectivity index (χ0v) is 11.1. The van der Waals surface area contributed by atoms with Crippen LogP contribution in [-0.2, 0) is 4.79 Å². The number of ether oxygens (including phenoxy) is 2. The molecule has 1 aromatic rings. The highest BCUT2D eigenvalue weighted by Gasteiger charge is 2.43. The van der Waals surface area contributed by atoms with Crippen molar-refractivity contribution in [2.75, 3.05) is 12.4 Å². The third-order valence-electron chi connectivity index (χ3n) is 2.91. The standard InChI is InChI=1S/C12H12F2N2O5/c1-6(10(17)18)16(2)11(19)15-7-3-4-8-9(5-7)21-12(13,14)20-8/h3-6H,1-2H3,(H,15,19)(H,17,18). The van der Waals surface area contributed by atoms with Crippen LogP contribution in [-0.4, -0.2) is 41.4 Å². The van der Waals surface area contributed by atoms with Gasteiger partial charge in [-0.05, 0) is 19.1 Å². The van der Waals surface area contributed by atoms with Gasteiger partial charge in [0.2, 0.25) is 0 Å². The molecule has 1 aromatic carbocycles. The zero-order valence-electron chi connectivity index (χ0n) is 11.1. The molecule has 0 saturated heterocycles. The number of carboxylic acid groups (broad SMARTS) is 1. The van der Waals surface area contributed by atoms with E-state index in [9.17, 15) is 18.4 Å². The van der Waals surface area contributed by atoms with Crippen molar-refractivity contribution in [2.45, 2.75) is 19.3 Å². The van der Waals surface area contributed by atoms with E-state index >= 15 is 0 Å². The molecule has 9 heteroatoms. The van der Waals surface area contributed by atoms with Crippen LogP contribution in [0.3, 0.4) is 0 Å². The van der Waals surface area contributed by atoms with Crippen LogP contribution in [0.2, 0.25) is 0 Å². The predicted molar refractivity (Wildman–Crippen MR) is 66.5 cm³/mol. The number of alkyl halides is 2. The number of likely N-dealkylation sites (N-methyl/N-ethyl adjacent to an activating group) is 1. The van der Waals surface area contributed by atoms with E-state index in [1.807, 2.05) is 0 Å². The number of benzene rings is 1. The Morgan fingerprint density at radius 3 is 2.57 bits per heavy atom. The molecular weight excluding hydrogens is 290 g/mol. The molecule has 1 aliphatic rings. The van der Waals surface area contributed by atoms with Gasteiger partial charge in [-0.1, -0.05) is 0 Å². The quantitative estimate of drug-likeness (QED) is 0.891. The van der Waals surface area contributed by atoms with Crippen molar-refractivity contribution in [1.82, 2.24) is 4.90 Å². The number of aliphatic carboxylic acids is 1. The van der Waals surface area contributed by atoms with Crippen molar-refractivity contribution in [3.05, 3.63) is 18.2 Å². The molecule has 0 radical (unpaired) electrons. The number of hydrogen-bond donors (Lipinski definition) is 2. The van der Waals surface area contributed by atoms with Crippen LogP contribution >= 0.6 is 0 Å². The second kappa shape index (κ2) is 5.08. The predicted octanol–water partition coefficient (Wildman–Crippen LogP) is 1.94. The third kappa shape index (κ3) is 3.12. The normalized spacial score (nSPS) is 16.2. The fourth-order valence-corrected chi connectivity index (χ4v) is 1.58. The summed E-state index contributed by atoms with van der Waals surface area (Å²) >= 11 is 0. The molecule has 0 fully saturated rings. The largest absolute Gasteiger partial charge is 0.586 e. The van der Waals surface area contributed by atoms with E-state index in [1.165, 1.54) is 26.1 Å². The summed E-state index contributed by atoms with van der Waals surface area (Å²) in [7, 11) is 1.30. The Kier molecular flexibility index (Phi) is 3.58. The van der Waals surface area contributed by atoms with E-state index in [2.05, 4.69) is 14.8 Å². The third-order valence-corrected chi connectivity index (χ3v) is 2.91. The molecule has 0 aliphatic carbocycles. The molecule has 0 aromatic heterocycles. The lowest BCUT2D eigenvalue weighted by molar-refractivity contribution is -0.286. The van der Waals surface area contributed by atoms with Gasteiger partial charge >= 0.3 is 18.3 Å². The Morgan fingerprint density at radius 2 is 1.95 bits per heavy atom. The maximum Gasteiger partial charge on any atom is 0.586 e. The van der Waals surface area contributed by atoms with E-state index in [4.69, 9.17) is 5.11 Å². The summed E-state index contributed by atoms with van der Waals surface area (Å²) in [5.74, 6) is -1.53. The molecule has 7 nitrogen and oxygen atoms in total. The lowest BCUT2D eigenvalue weighted by Crippen LogP contribution is -2.42. The minimum absolute atomic E-state index is 0.148. The average molecular weight is 302 g/mol. The van der Waals surface area contributed by atoms with Crippen molar-refractivity contribution >= 4 is 17.7 Å². The van der Waals surface area contributed by atoms with Crippen molar-refractivity contribution in [3.63, 3.8) is 0 Å². The smallest absolute Gasteiger partial charge is 0.480 e. The van der Waals surface area contributed by atoms with E-state index in [-0.39, 0.29) is 17.2 Å². The minimum Gasteiger partial charge on any atom is -0.480 e. The number of fused-ring (bicyclic) bond motifs is 1. The highest BCUT2D eigenvalue weighted by Crippen LogP contribution is 2.42. The Bertz CT molecular complexity index is 593. The molecule has 1 unspecified atom stereocenters. The van der Waals surface area contributed by atoms with E-state index in [0.29, 0.717) is 0 Å². The van der Waals surface area contributed by atoms with Crippen molar-refractivity contribution in [3.8, 4) is 11.5 Å². The van der Waals surface area contributed by atoms with Gasteiger partial charge in [-0.2, -0.15) is 0 Å². The van der Waals surface area contributed by atoms with E-state index in [0.717, 1.165) is 11.0 Å². The first-order chi connectivity index (χ1) is 9.69. The number of amides is 2. The molecule has 1 aliphatic heterocycles. The first-order valence-corrected chi connectivity index (χ1v) is 5.86. The molecule has 2 amide bonds. The zero-order chi connectivity index (χ0) is 15.8. The number of hydrogen-bond acceptors (Lipinski definition) is 4. The lowest BCUT2D eigenvalue weighted by atomic mass is 10.2. The first kappa shape index (κ1) is 14.8. The van der Waals surface area contributed by atoms with Gasteiger partial charge in [-0.25, -0.2) is 9.59 Å². The summed E-state index contributed by atoms with van der Waals surface area (Å²) in [6.45, 7) is 1.34. The second-order valence-corrected chi connectivity index (χ2v) is 4.38. The summed E-state index contributed by atoms with van der Waals surface area (Å²) in [6.07, 6.45) is -3.74. The molecular formula is C12H12F2N2O5. The number of carbonyl (C=O) groups is 2. The molecule has 1 heterocycles. The number of carboxylic acids is 1. The molecule has 0 bridgehead atoms. The van der Waals surface area contributed by atoms with Crippen LogP contribution in [0.25, 0.3) is 0 Å². The number of nitrogens with one attached hydrogen (secondary N) is 1. The van der Waals surface area contributed by atoms with Crippen molar-refractivity contribution in [2.24, 2.45) is 0 Å². The molecule has 21 heavy (non-hydrogen) atoms. The van der Waals surface area contributed by atoms with Crippen molar-refractivity contribution < 1.29 is 33.0 Å². The summed E-state index contributed by atoms with van der Waals surface area (Å²) in [5, 5.41) is 11.2. The van der Waals surface area contributed by atoms with Gasteiger partial charge in [0.1, 0.15) is 6.04 Å². The van der Waals surface area contributed by atoms with Crippen LogP contribution in [0.1, 0.15) is 6.92 Å². The van der Waals surface area contributed by atoms with Crippen LogP contribution in [0, 0.1) is 0 Å². The lowest BCUT2D eigenvalue weighted by Gasteiger charge is -2.21. The minimum atomic E-state index is -3.74. The summed E-state index contributed by atoms with van der Waals surface area (Å²) in [5.41, 5.74) is 0.171. The summed E-state index contributed by atoms with van der Waals surface area (Å²) in [4.78, 5) is 23.6. The van der Waals surface area contributed by atoms with E-state index < -0.39 is 24.3 Å². The fraction of sp³-hybridized carbons (Fsp3) is 0.333. The number of halogens is 2. The van der Waals surface area contributed by atoms with Crippen LogP contribution in [0.4, 0.5) is 19.3 Å². The van der Waals surface area contributed by atoms with Gasteiger partial charge in [0.25, 0.3) is 0 Å². The molecule has 2 N–H and O–H groups in total. The Morgan fingerprint density at radius 1 is 1.33 bits per heavy atom. The van der Waals surface area contributed by atoms with Gasteiger partial charge in [-0.15, -0.1) is 8.78 Å². The number of carbonyl (C=O) groups excluding carboxylic acids is 1. The molecule has 0 saturated carbocycles. The SMILES string of the molecule is CC(C(=O)O)N(C)C(=O)Nc1ccc2c(c1)OC(F)(F)O2. The molecule has 2 rings (SSSR count). The highest BCUT2D eigenvalue weighted by molar-refractivity contribution is 5.92. The number of nitrogens with zero attached hydrogens (tertiary/aromatic N) is 1. The van der Waals surface area contributed by atoms with Crippen LogP contribution in [0.15, 0.2) is 18.2 Å². The fourth-order valence-electron chi connectivity index (χ4n) is 1.58. The average Bonchev–Trinajstić information content (AvgIpc) is 2.69. The van der Waals surface area contributed by atoms with Gasteiger partial charge in [0.05, 0.1) is 0 Å². The first-order valence-electron chi connectivity index (χ1n) is 5.86. The van der Waals surface area contributed by atoms with E-state index in [1.54, 1.807) is 0 Å². The Labute approximate surface area is 118 Å². The maximum atomic E-state index is 12.8. The van der Waals surface area contributed by atoms with Gasteiger partial charge in [0, 0.05) is 18.8 Å². The Hall–Kier alpha value is -2.58. The topological polar surface area (TPSA) is 88.1 Å². The van der Waals surface area contributed by atoms with Gasteiger partial charge in [-0.3, -0.25) is 0 Å². The molecule has 0 spiro atoms.